The molecule has 3 heterocycles. The Morgan fingerprint density at radius 1 is 1.06 bits per heavy atom. The number of hydrogen-bond donors (Lipinski definition) is 2. The summed E-state index contributed by atoms with van der Waals surface area (Å²) in [4.78, 5) is 30.1. The lowest BCUT2D eigenvalue weighted by Gasteiger charge is -2.36. The Kier molecular flexibility index (Phi) is 8.11. The standard InChI is InChI=1S/C25H29N7O3S/c1-4-34-20-9-7-19(8-10-20)28-25(36)30-24(29-23-26-17(2)16-18(3)27-23)32-13-11-31(12-14-32)22(33)21-6-5-15-35-21/h5-10,15-16H,4,11-14H2,1-3H3,(H2,26,27,28,29,30,36). The predicted molar refractivity (Wildman–Crippen MR) is 143 cm³/mol. The maximum Gasteiger partial charge on any atom is 0.289 e. The van der Waals surface area contributed by atoms with Gasteiger partial charge < -0.3 is 24.3 Å². The first-order valence-electron chi connectivity index (χ1n) is 11.7. The van der Waals surface area contributed by atoms with E-state index in [4.69, 9.17) is 21.4 Å². The van der Waals surface area contributed by atoms with E-state index in [0.29, 0.717) is 50.5 Å². The molecule has 1 fully saturated rings. The van der Waals surface area contributed by atoms with Gasteiger partial charge in [0.25, 0.3) is 5.91 Å². The molecule has 4 rings (SSSR count). The number of furan rings is 1. The highest BCUT2D eigenvalue weighted by molar-refractivity contribution is 7.80. The van der Waals surface area contributed by atoms with Crippen LogP contribution in [0.25, 0.3) is 0 Å². The van der Waals surface area contributed by atoms with E-state index in [0.717, 1.165) is 22.8 Å². The molecule has 1 aromatic carbocycles. The zero-order valence-electron chi connectivity index (χ0n) is 20.5. The number of piperazine rings is 1. The van der Waals surface area contributed by atoms with Crippen molar-refractivity contribution in [3.8, 4) is 5.75 Å². The van der Waals surface area contributed by atoms with Crippen LogP contribution in [0.3, 0.4) is 0 Å². The largest absolute Gasteiger partial charge is 0.494 e. The lowest BCUT2D eigenvalue weighted by molar-refractivity contribution is 0.0660. The molecule has 11 heteroatoms. The summed E-state index contributed by atoms with van der Waals surface area (Å²) in [6, 6.07) is 12.8. The molecule has 0 saturated carbocycles. The van der Waals surface area contributed by atoms with Crippen molar-refractivity contribution < 1.29 is 13.9 Å². The third kappa shape index (κ3) is 6.57. The van der Waals surface area contributed by atoms with Crippen LogP contribution in [0.2, 0.25) is 0 Å². The first kappa shape index (κ1) is 25.1. The van der Waals surface area contributed by atoms with E-state index >= 15 is 0 Å². The van der Waals surface area contributed by atoms with Crippen LogP contribution in [-0.2, 0) is 0 Å². The number of nitrogens with zero attached hydrogens (tertiary/aromatic N) is 5. The van der Waals surface area contributed by atoms with Crippen molar-refractivity contribution in [1.82, 2.24) is 19.8 Å². The van der Waals surface area contributed by atoms with Gasteiger partial charge >= 0.3 is 0 Å². The maximum atomic E-state index is 12.7. The molecular weight excluding hydrogens is 478 g/mol. The van der Waals surface area contributed by atoms with Crippen LogP contribution in [-0.4, -0.2) is 69.5 Å². The monoisotopic (exact) mass is 507 g/mol. The van der Waals surface area contributed by atoms with E-state index in [1.54, 1.807) is 17.0 Å². The molecule has 0 bridgehead atoms. The van der Waals surface area contributed by atoms with E-state index in [-0.39, 0.29) is 11.0 Å². The molecule has 36 heavy (non-hydrogen) atoms. The molecule has 1 aliphatic rings. The predicted octanol–water partition coefficient (Wildman–Crippen LogP) is 3.71. The van der Waals surface area contributed by atoms with E-state index in [9.17, 15) is 4.79 Å². The summed E-state index contributed by atoms with van der Waals surface area (Å²) in [5.41, 5.74) is 2.48. The van der Waals surface area contributed by atoms with Gasteiger partial charge in [0.2, 0.25) is 17.0 Å². The van der Waals surface area contributed by atoms with Crippen LogP contribution >= 0.6 is 12.2 Å². The molecule has 1 amide bonds. The number of benzene rings is 1. The number of aryl methyl sites for hydroxylation is 2. The lowest BCUT2D eigenvalue weighted by Crippen LogP contribution is -2.52. The number of aliphatic imine (C=N–C) groups is 1. The molecule has 1 saturated heterocycles. The summed E-state index contributed by atoms with van der Waals surface area (Å²) in [5, 5.41) is 6.65. The fraction of sp³-hybridized carbons (Fsp3) is 0.320. The van der Waals surface area contributed by atoms with Gasteiger partial charge in [-0.3, -0.25) is 10.1 Å². The molecule has 2 N–H and O–H groups in total. The topological polar surface area (TPSA) is 108 Å². The molecule has 10 nitrogen and oxygen atoms in total. The van der Waals surface area contributed by atoms with Gasteiger partial charge in [-0.25, -0.2) is 9.97 Å². The number of anilines is 2. The van der Waals surface area contributed by atoms with E-state index < -0.39 is 0 Å². The SMILES string of the molecule is CCOc1ccc(NC(=S)/N=C(/Nc2nc(C)cc(C)n2)N2CCN(C(=O)c3ccco3)CC2)cc1. The van der Waals surface area contributed by atoms with Crippen molar-refractivity contribution in [1.29, 1.82) is 0 Å². The van der Waals surface area contributed by atoms with Gasteiger partial charge in [-0.05, 0) is 75.5 Å². The molecule has 0 unspecified atom stereocenters. The molecule has 3 aromatic rings. The van der Waals surface area contributed by atoms with Crippen LogP contribution in [0.4, 0.5) is 11.6 Å². The van der Waals surface area contributed by atoms with Crippen LogP contribution in [0.1, 0.15) is 28.9 Å². The number of amides is 1. The molecule has 0 atom stereocenters. The van der Waals surface area contributed by atoms with Gasteiger partial charge in [0, 0.05) is 43.3 Å². The lowest BCUT2D eigenvalue weighted by atomic mass is 10.3. The van der Waals surface area contributed by atoms with Crippen molar-refractivity contribution in [2.75, 3.05) is 43.4 Å². The highest BCUT2D eigenvalue weighted by atomic mass is 32.1. The van der Waals surface area contributed by atoms with Crippen molar-refractivity contribution in [2.45, 2.75) is 20.8 Å². The summed E-state index contributed by atoms with van der Waals surface area (Å²) in [6.45, 7) is 8.48. The number of ether oxygens (including phenoxy) is 1. The van der Waals surface area contributed by atoms with Crippen molar-refractivity contribution in [2.24, 2.45) is 4.99 Å². The Morgan fingerprint density at radius 3 is 2.33 bits per heavy atom. The molecule has 0 aliphatic carbocycles. The Hall–Kier alpha value is -3.99. The normalized spacial score (nSPS) is 13.9. The summed E-state index contributed by atoms with van der Waals surface area (Å²) < 4.78 is 10.8. The molecule has 0 radical (unpaired) electrons. The van der Waals surface area contributed by atoms with Crippen molar-refractivity contribution >= 4 is 40.8 Å². The van der Waals surface area contributed by atoms with E-state index in [1.165, 1.54) is 6.26 Å². The molecular formula is C25H29N7O3S. The summed E-state index contributed by atoms with van der Waals surface area (Å²) in [6.07, 6.45) is 1.50. The zero-order valence-corrected chi connectivity index (χ0v) is 21.3. The van der Waals surface area contributed by atoms with E-state index in [1.807, 2.05) is 56.0 Å². The number of aromatic nitrogens is 2. The minimum absolute atomic E-state index is 0.128. The number of carbonyl (C=O) groups excluding carboxylic acids is 1. The first-order valence-corrected chi connectivity index (χ1v) is 12.1. The molecule has 2 aromatic heterocycles. The van der Waals surface area contributed by atoms with Gasteiger partial charge in [-0.1, -0.05) is 0 Å². The molecule has 0 spiro atoms. The average Bonchev–Trinajstić information content (AvgIpc) is 3.39. The highest BCUT2D eigenvalue weighted by Crippen LogP contribution is 2.16. The van der Waals surface area contributed by atoms with Crippen LogP contribution < -0.4 is 15.4 Å². The van der Waals surface area contributed by atoms with Crippen molar-refractivity contribution in [3.05, 3.63) is 65.9 Å². The Labute approximate surface area is 215 Å². The second-order valence-corrected chi connectivity index (χ2v) is 8.57. The third-order valence-electron chi connectivity index (χ3n) is 5.43. The first-order chi connectivity index (χ1) is 17.4. The number of hydrogen-bond acceptors (Lipinski definition) is 6. The van der Waals surface area contributed by atoms with Crippen LogP contribution in [0.5, 0.6) is 5.75 Å². The highest BCUT2D eigenvalue weighted by Gasteiger charge is 2.26. The number of carbonyl (C=O) groups is 1. The second-order valence-electron chi connectivity index (χ2n) is 8.18. The van der Waals surface area contributed by atoms with Crippen LogP contribution in [0.15, 0.2) is 58.1 Å². The second kappa shape index (κ2) is 11.6. The minimum Gasteiger partial charge on any atom is -0.494 e. The molecule has 188 valence electrons. The summed E-state index contributed by atoms with van der Waals surface area (Å²) >= 11 is 5.54. The fourth-order valence-corrected chi connectivity index (χ4v) is 3.99. The fourth-order valence-electron chi connectivity index (χ4n) is 3.79. The number of nitrogens with one attached hydrogen (secondary N) is 2. The minimum atomic E-state index is -0.128. The Morgan fingerprint density at radius 2 is 1.72 bits per heavy atom. The smallest absolute Gasteiger partial charge is 0.289 e. The number of thiocarbonyl (C=S) groups is 1. The Bertz CT molecular complexity index is 1200. The van der Waals surface area contributed by atoms with Gasteiger partial charge in [0.05, 0.1) is 12.9 Å². The quantitative estimate of drug-likeness (QED) is 0.303. The summed E-state index contributed by atoms with van der Waals surface area (Å²) in [5.74, 6) is 1.93. The van der Waals surface area contributed by atoms with Crippen molar-refractivity contribution in [3.63, 3.8) is 0 Å². The van der Waals surface area contributed by atoms with Gasteiger partial charge in [0.15, 0.2) is 5.76 Å². The van der Waals surface area contributed by atoms with Crippen LogP contribution in [0, 0.1) is 13.8 Å². The summed E-state index contributed by atoms with van der Waals surface area (Å²) in [7, 11) is 0. The number of rotatable bonds is 5. The van der Waals surface area contributed by atoms with Gasteiger partial charge in [0.1, 0.15) is 5.75 Å². The van der Waals surface area contributed by atoms with Gasteiger partial charge in [-0.2, -0.15) is 4.99 Å². The average molecular weight is 508 g/mol. The van der Waals surface area contributed by atoms with E-state index in [2.05, 4.69) is 25.6 Å². The number of guanidine groups is 1. The zero-order chi connectivity index (χ0) is 25.5. The van der Waals surface area contributed by atoms with Gasteiger partial charge in [-0.15, -0.1) is 0 Å². The maximum absolute atomic E-state index is 12.7. The molecule has 1 aliphatic heterocycles. The Balaban J connectivity index is 1.49. The third-order valence-corrected chi connectivity index (χ3v) is 5.62.